The second-order valence-corrected chi connectivity index (χ2v) is 3.02. The topological polar surface area (TPSA) is 36.1 Å². The molecule has 0 amide bonds. The summed E-state index contributed by atoms with van der Waals surface area (Å²) in [5.74, 6) is 0. The maximum atomic E-state index is 3.41. The Morgan fingerprint density at radius 2 is 1.07 bits per heavy atom. The average Bonchev–Trinajstić information content (AvgIpc) is 2.25. The van der Waals surface area contributed by atoms with Gasteiger partial charge in [-0.25, -0.2) is 0 Å². The summed E-state index contributed by atoms with van der Waals surface area (Å²) >= 11 is 0. The molecule has 0 heterocycles. The molecule has 3 N–H and O–H groups in total. The molecule has 0 aromatic carbocycles. The van der Waals surface area contributed by atoms with Crippen LogP contribution in [0, 0.1) is 0 Å². The smallest absolute Gasteiger partial charge is 0.00368 e. The monoisotopic (exact) mass is 203 g/mol. The van der Waals surface area contributed by atoms with Crippen molar-refractivity contribution in [3.63, 3.8) is 0 Å². The number of rotatable bonds is 9. The van der Waals surface area contributed by atoms with Crippen molar-refractivity contribution in [2.75, 3.05) is 40.3 Å². The first-order valence-electron chi connectivity index (χ1n) is 5.91. The van der Waals surface area contributed by atoms with Gasteiger partial charge in [-0.3, -0.25) is 0 Å². The van der Waals surface area contributed by atoms with E-state index < -0.39 is 0 Å². The molecule has 0 aliphatic rings. The van der Waals surface area contributed by atoms with Crippen LogP contribution in [0.4, 0.5) is 0 Å². The van der Waals surface area contributed by atoms with E-state index in [-0.39, 0.29) is 0 Å². The van der Waals surface area contributed by atoms with Crippen LogP contribution in [-0.4, -0.2) is 40.3 Å². The Bertz CT molecular complexity index is 66.9. The molecule has 0 aromatic heterocycles. The van der Waals surface area contributed by atoms with E-state index in [1.165, 1.54) is 19.3 Å². The van der Waals surface area contributed by atoms with Crippen molar-refractivity contribution in [2.24, 2.45) is 0 Å². The highest BCUT2D eigenvalue weighted by Gasteiger charge is 1.87. The summed E-state index contributed by atoms with van der Waals surface area (Å²) in [4.78, 5) is 0. The van der Waals surface area contributed by atoms with Gasteiger partial charge in [0.25, 0.3) is 0 Å². The van der Waals surface area contributed by atoms with Crippen LogP contribution in [0.25, 0.3) is 0 Å². The summed E-state index contributed by atoms with van der Waals surface area (Å²) in [6.07, 6.45) is 3.78. The summed E-state index contributed by atoms with van der Waals surface area (Å²) in [5, 5.41) is 9.68. The Labute approximate surface area is 90.0 Å². The molecule has 0 atom stereocenters. The Balaban J connectivity index is 0. The first kappa shape index (κ1) is 16.3. The lowest BCUT2D eigenvalue weighted by Crippen LogP contribution is -2.21. The third-order valence-corrected chi connectivity index (χ3v) is 1.81. The first-order valence-corrected chi connectivity index (χ1v) is 5.91. The zero-order valence-corrected chi connectivity index (χ0v) is 10.4. The highest BCUT2D eigenvalue weighted by atomic mass is 14.9. The van der Waals surface area contributed by atoms with Crippen LogP contribution in [0.3, 0.4) is 0 Å². The molecule has 0 radical (unpaired) electrons. The SMILES string of the molecule is CC.CNCCCCNCCCNC. The van der Waals surface area contributed by atoms with E-state index in [1.807, 2.05) is 27.9 Å². The van der Waals surface area contributed by atoms with Crippen molar-refractivity contribution >= 4 is 0 Å². The molecular formula is C11H29N3. The minimum Gasteiger partial charge on any atom is -0.320 e. The number of hydrogen-bond acceptors (Lipinski definition) is 3. The minimum absolute atomic E-state index is 1.11. The van der Waals surface area contributed by atoms with Crippen molar-refractivity contribution in [1.29, 1.82) is 0 Å². The van der Waals surface area contributed by atoms with Gasteiger partial charge in [0.05, 0.1) is 0 Å². The molecule has 0 saturated heterocycles. The second kappa shape index (κ2) is 18.6. The number of unbranched alkanes of at least 4 members (excludes halogenated alkanes) is 1. The van der Waals surface area contributed by atoms with E-state index in [9.17, 15) is 0 Å². The summed E-state index contributed by atoms with van der Waals surface area (Å²) < 4.78 is 0. The zero-order chi connectivity index (χ0) is 11.1. The molecule has 3 nitrogen and oxygen atoms in total. The maximum absolute atomic E-state index is 3.41. The lowest BCUT2D eigenvalue weighted by Gasteiger charge is -2.03. The van der Waals surface area contributed by atoms with Crippen molar-refractivity contribution in [1.82, 2.24) is 16.0 Å². The second-order valence-electron chi connectivity index (χ2n) is 3.02. The maximum Gasteiger partial charge on any atom is -0.00368 e. The largest absolute Gasteiger partial charge is 0.320 e. The molecule has 0 bridgehead atoms. The fraction of sp³-hybridized carbons (Fsp3) is 1.00. The predicted octanol–water partition coefficient (Wildman–Crippen LogP) is 1.21. The number of nitrogens with one attached hydrogen (secondary N) is 3. The molecule has 0 saturated carbocycles. The van der Waals surface area contributed by atoms with Gasteiger partial charge in [-0.2, -0.15) is 0 Å². The molecule has 3 heteroatoms. The van der Waals surface area contributed by atoms with E-state index >= 15 is 0 Å². The standard InChI is InChI=1S/C9H23N3.C2H6/c1-10-6-3-4-8-12-9-5-7-11-2;1-2/h10-12H,3-9H2,1-2H3;1-2H3. The van der Waals surface area contributed by atoms with Gasteiger partial charge in [-0.1, -0.05) is 13.8 Å². The van der Waals surface area contributed by atoms with E-state index in [0.29, 0.717) is 0 Å². The van der Waals surface area contributed by atoms with E-state index in [1.54, 1.807) is 0 Å². The summed E-state index contributed by atoms with van der Waals surface area (Å²) in [5.41, 5.74) is 0. The molecule has 0 fully saturated rings. The van der Waals surface area contributed by atoms with Gasteiger partial charge in [0.1, 0.15) is 0 Å². The Morgan fingerprint density at radius 1 is 0.643 bits per heavy atom. The van der Waals surface area contributed by atoms with Crippen LogP contribution in [0.5, 0.6) is 0 Å². The Hall–Kier alpha value is -0.120. The highest BCUT2D eigenvalue weighted by molar-refractivity contribution is 4.51. The van der Waals surface area contributed by atoms with Crippen LogP contribution in [0.1, 0.15) is 33.1 Å². The van der Waals surface area contributed by atoms with Gasteiger partial charge >= 0.3 is 0 Å². The Kier molecular flexibility index (Phi) is 21.7. The van der Waals surface area contributed by atoms with Gasteiger partial charge in [0.2, 0.25) is 0 Å². The van der Waals surface area contributed by atoms with Gasteiger partial charge < -0.3 is 16.0 Å². The molecule has 88 valence electrons. The highest BCUT2D eigenvalue weighted by Crippen LogP contribution is 1.83. The third-order valence-electron chi connectivity index (χ3n) is 1.81. The van der Waals surface area contributed by atoms with E-state index in [4.69, 9.17) is 0 Å². The molecule has 14 heavy (non-hydrogen) atoms. The molecule has 0 aliphatic carbocycles. The predicted molar refractivity (Wildman–Crippen MR) is 65.9 cm³/mol. The van der Waals surface area contributed by atoms with E-state index in [2.05, 4.69) is 16.0 Å². The van der Waals surface area contributed by atoms with E-state index in [0.717, 1.165) is 26.2 Å². The van der Waals surface area contributed by atoms with Crippen molar-refractivity contribution in [3.05, 3.63) is 0 Å². The van der Waals surface area contributed by atoms with Crippen molar-refractivity contribution in [2.45, 2.75) is 33.1 Å². The first-order chi connectivity index (χ1) is 6.91. The van der Waals surface area contributed by atoms with Crippen molar-refractivity contribution in [3.8, 4) is 0 Å². The lowest BCUT2D eigenvalue weighted by atomic mass is 10.3. The normalized spacial score (nSPS) is 9.43. The minimum atomic E-state index is 1.11. The van der Waals surface area contributed by atoms with Crippen LogP contribution in [0.2, 0.25) is 0 Å². The lowest BCUT2D eigenvalue weighted by molar-refractivity contribution is 0.582. The van der Waals surface area contributed by atoms with Crippen molar-refractivity contribution < 1.29 is 0 Å². The summed E-state index contributed by atoms with van der Waals surface area (Å²) in [7, 11) is 3.99. The molecule has 0 unspecified atom stereocenters. The quantitative estimate of drug-likeness (QED) is 0.493. The molecule has 0 aromatic rings. The fourth-order valence-electron chi connectivity index (χ4n) is 1.07. The van der Waals surface area contributed by atoms with Gasteiger partial charge in [-0.05, 0) is 59.5 Å². The third kappa shape index (κ3) is 17.8. The Morgan fingerprint density at radius 3 is 1.64 bits per heavy atom. The van der Waals surface area contributed by atoms with Gasteiger partial charge in [0.15, 0.2) is 0 Å². The number of hydrogen-bond donors (Lipinski definition) is 3. The summed E-state index contributed by atoms with van der Waals surface area (Å²) in [6, 6.07) is 0. The van der Waals surface area contributed by atoms with Crippen LogP contribution in [0.15, 0.2) is 0 Å². The van der Waals surface area contributed by atoms with Crippen LogP contribution in [-0.2, 0) is 0 Å². The molecule has 0 rings (SSSR count). The zero-order valence-electron chi connectivity index (χ0n) is 10.4. The average molecular weight is 203 g/mol. The molecule has 0 spiro atoms. The molecule has 0 aliphatic heterocycles. The van der Waals surface area contributed by atoms with Gasteiger partial charge in [-0.15, -0.1) is 0 Å². The fourth-order valence-corrected chi connectivity index (χ4v) is 1.07. The summed E-state index contributed by atoms with van der Waals surface area (Å²) in [6.45, 7) is 8.55. The van der Waals surface area contributed by atoms with Crippen LogP contribution < -0.4 is 16.0 Å². The van der Waals surface area contributed by atoms with Crippen LogP contribution >= 0.6 is 0 Å². The molecular weight excluding hydrogens is 174 g/mol. The van der Waals surface area contributed by atoms with Gasteiger partial charge in [0, 0.05) is 0 Å².